The molecule has 1 aromatic rings. The predicted molar refractivity (Wildman–Crippen MR) is 64.9 cm³/mol. The third-order valence-electron chi connectivity index (χ3n) is 2.45. The summed E-state index contributed by atoms with van der Waals surface area (Å²) in [7, 11) is 0. The highest BCUT2D eigenvalue weighted by atomic mass is 79.9. The van der Waals surface area contributed by atoms with E-state index in [9.17, 15) is 4.79 Å². The SMILES string of the molecule is CC(=O)NC1CN(Cc2ccsc2Br)C1. The van der Waals surface area contributed by atoms with Crippen LogP contribution in [0.2, 0.25) is 0 Å². The van der Waals surface area contributed by atoms with Crippen molar-refractivity contribution in [1.82, 2.24) is 10.2 Å². The Kier molecular flexibility index (Phi) is 3.43. The molecule has 1 saturated heterocycles. The molecule has 1 aliphatic rings. The van der Waals surface area contributed by atoms with E-state index in [2.05, 4.69) is 37.6 Å². The van der Waals surface area contributed by atoms with Gasteiger partial charge in [-0.2, -0.15) is 0 Å². The number of rotatable bonds is 3. The maximum atomic E-state index is 10.8. The van der Waals surface area contributed by atoms with Crippen molar-refractivity contribution >= 4 is 33.2 Å². The molecule has 1 amide bonds. The van der Waals surface area contributed by atoms with E-state index in [0.29, 0.717) is 6.04 Å². The first-order valence-electron chi connectivity index (χ1n) is 4.86. The van der Waals surface area contributed by atoms with Crippen LogP contribution >= 0.6 is 27.3 Å². The van der Waals surface area contributed by atoms with Crippen molar-refractivity contribution in [2.75, 3.05) is 13.1 Å². The molecule has 5 heteroatoms. The van der Waals surface area contributed by atoms with Crippen LogP contribution in [0.4, 0.5) is 0 Å². The van der Waals surface area contributed by atoms with E-state index in [0.717, 1.165) is 19.6 Å². The molecule has 0 atom stereocenters. The van der Waals surface area contributed by atoms with Crippen LogP contribution in [-0.2, 0) is 11.3 Å². The summed E-state index contributed by atoms with van der Waals surface area (Å²) in [4.78, 5) is 13.1. The molecule has 82 valence electrons. The molecule has 0 bridgehead atoms. The van der Waals surface area contributed by atoms with E-state index in [1.807, 2.05) is 0 Å². The molecule has 1 N–H and O–H groups in total. The number of carbonyl (C=O) groups is 1. The van der Waals surface area contributed by atoms with E-state index < -0.39 is 0 Å². The smallest absolute Gasteiger partial charge is 0.217 e. The molecule has 0 saturated carbocycles. The van der Waals surface area contributed by atoms with Crippen molar-refractivity contribution in [2.45, 2.75) is 19.5 Å². The maximum Gasteiger partial charge on any atom is 0.217 e. The molecule has 0 radical (unpaired) electrons. The average Bonchev–Trinajstić information content (AvgIpc) is 2.47. The maximum absolute atomic E-state index is 10.8. The lowest BCUT2D eigenvalue weighted by Gasteiger charge is -2.39. The topological polar surface area (TPSA) is 32.3 Å². The van der Waals surface area contributed by atoms with E-state index in [1.165, 1.54) is 9.35 Å². The van der Waals surface area contributed by atoms with Crippen LogP contribution in [0.5, 0.6) is 0 Å². The van der Waals surface area contributed by atoms with Crippen molar-refractivity contribution in [2.24, 2.45) is 0 Å². The Labute approximate surface area is 102 Å². The van der Waals surface area contributed by atoms with E-state index in [-0.39, 0.29) is 5.91 Å². The van der Waals surface area contributed by atoms with Gasteiger partial charge >= 0.3 is 0 Å². The Morgan fingerprint density at radius 3 is 3.00 bits per heavy atom. The largest absolute Gasteiger partial charge is 0.351 e. The molecule has 15 heavy (non-hydrogen) atoms. The van der Waals surface area contributed by atoms with Crippen molar-refractivity contribution in [1.29, 1.82) is 0 Å². The van der Waals surface area contributed by atoms with Gasteiger partial charge in [0.05, 0.1) is 9.83 Å². The molecule has 0 aliphatic carbocycles. The van der Waals surface area contributed by atoms with E-state index in [1.54, 1.807) is 18.3 Å². The molecule has 2 rings (SSSR count). The number of halogens is 1. The number of nitrogens with one attached hydrogen (secondary N) is 1. The van der Waals surface area contributed by atoms with E-state index in [4.69, 9.17) is 0 Å². The van der Waals surface area contributed by atoms with Gasteiger partial charge in [0.15, 0.2) is 0 Å². The zero-order valence-corrected chi connectivity index (χ0v) is 10.9. The van der Waals surface area contributed by atoms with Gasteiger partial charge in [0.2, 0.25) is 5.91 Å². The van der Waals surface area contributed by atoms with Crippen LogP contribution < -0.4 is 5.32 Å². The second kappa shape index (κ2) is 4.63. The normalized spacial score (nSPS) is 17.5. The van der Waals surface area contributed by atoms with Gasteiger partial charge in [0.25, 0.3) is 0 Å². The summed E-state index contributed by atoms with van der Waals surface area (Å²) < 4.78 is 1.21. The Hall–Kier alpha value is -0.390. The average molecular weight is 289 g/mol. The van der Waals surface area contributed by atoms with Crippen LogP contribution in [-0.4, -0.2) is 29.9 Å². The molecule has 0 aromatic carbocycles. The Morgan fingerprint density at radius 2 is 2.47 bits per heavy atom. The Balaban J connectivity index is 1.77. The third kappa shape index (κ3) is 2.80. The number of amides is 1. The summed E-state index contributed by atoms with van der Waals surface area (Å²) in [5.41, 5.74) is 1.33. The number of hydrogen-bond acceptors (Lipinski definition) is 3. The zero-order chi connectivity index (χ0) is 10.8. The fraction of sp³-hybridized carbons (Fsp3) is 0.500. The number of likely N-dealkylation sites (tertiary alicyclic amines) is 1. The Morgan fingerprint density at radius 1 is 1.73 bits per heavy atom. The quantitative estimate of drug-likeness (QED) is 0.920. The van der Waals surface area contributed by atoms with Gasteiger partial charge in [0, 0.05) is 26.6 Å². The molecule has 1 aromatic heterocycles. The highest BCUT2D eigenvalue weighted by Gasteiger charge is 2.27. The van der Waals surface area contributed by atoms with Gasteiger partial charge in [-0.1, -0.05) is 0 Å². The summed E-state index contributed by atoms with van der Waals surface area (Å²) >= 11 is 5.24. The minimum atomic E-state index is 0.0661. The molecule has 1 fully saturated rings. The molecular weight excluding hydrogens is 276 g/mol. The first kappa shape index (κ1) is 11.1. The summed E-state index contributed by atoms with van der Waals surface area (Å²) in [6.45, 7) is 4.46. The molecule has 0 unspecified atom stereocenters. The van der Waals surface area contributed by atoms with Crippen molar-refractivity contribution in [3.8, 4) is 0 Å². The summed E-state index contributed by atoms with van der Waals surface area (Å²) in [6, 6.07) is 2.49. The number of hydrogen-bond donors (Lipinski definition) is 1. The monoisotopic (exact) mass is 288 g/mol. The van der Waals surface area contributed by atoms with E-state index >= 15 is 0 Å². The number of nitrogens with zero attached hydrogens (tertiary/aromatic N) is 1. The number of carbonyl (C=O) groups excluding carboxylic acids is 1. The summed E-state index contributed by atoms with van der Waals surface area (Å²) in [5.74, 6) is 0.0661. The van der Waals surface area contributed by atoms with Gasteiger partial charge in [0.1, 0.15) is 0 Å². The van der Waals surface area contributed by atoms with Crippen molar-refractivity contribution < 1.29 is 4.79 Å². The number of thiophene rings is 1. The van der Waals surface area contributed by atoms with Crippen molar-refractivity contribution in [3.63, 3.8) is 0 Å². The molecular formula is C10H13BrN2OS. The molecule has 0 spiro atoms. The second-order valence-electron chi connectivity index (χ2n) is 3.81. The molecule has 3 nitrogen and oxygen atoms in total. The lowest BCUT2D eigenvalue weighted by molar-refractivity contribution is -0.120. The lowest BCUT2D eigenvalue weighted by atomic mass is 10.1. The van der Waals surface area contributed by atoms with Gasteiger partial charge in [-0.15, -0.1) is 11.3 Å². The first-order chi connectivity index (χ1) is 7.15. The fourth-order valence-electron chi connectivity index (χ4n) is 1.75. The zero-order valence-electron chi connectivity index (χ0n) is 8.50. The van der Waals surface area contributed by atoms with Crippen LogP contribution in [0.25, 0.3) is 0 Å². The lowest BCUT2D eigenvalue weighted by Crippen LogP contribution is -2.58. The predicted octanol–water partition coefficient (Wildman–Crippen LogP) is 1.83. The Bertz CT molecular complexity index is 360. The molecule has 2 heterocycles. The van der Waals surface area contributed by atoms with Gasteiger partial charge in [-0.05, 0) is 32.9 Å². The van der Waals surface area contributed by atoms with Gasteiger partial charge < -0.3 is 5.32 Å². The minimum Gasteiger partial charge on any atom is -0.351 e. The summed E-state index contributed by atoms with van der Waals surface area (Å²) in [5, 5.41) is 5.00. The molecule has 1 aliphatic heterocycles. The fourth-order valence-corrected chi connectivity index (χ4v) is 2.97. The second-order valence-corrected chi connectivity index (χ2v) is 6.05. The van der Waals surface area contributed by atoms with Crippen LogP contribution in [0.3, 0.4) is 0 Å². The minimum absolute atomic E-state index is 0.0661. The van der Waals surface area contributed by atoms with Gasteiger partial charge in [-0.3, -0.25) is 9.69 Å². The van der Waals surface area contributed by atoms with Crippen LogP contribution in [0, 0.1) is 0 Å². The van der Waals surface area contributed by atoms with Crippen molar-refractivity contribution in [3.05, 3.63) is 20.8 Å². The van der Waals surface area contributed by atoms with Crippen LogP contribution in [0.15, 0.2) is 15.2 Å². The van der Waals surface area contributed by atoms with Crippen LogP contribution in [0.1, 0.15) is 12.5 Å². The van der Waals surface area contributed by atoms with Gasteiger partial charge in [-0.25, -0.2) is 0 Å². The highest BCUT2D eigenvalue weighted by Crippen LogP contribution is 2.26. The third-order valence-corrected chi connectivity index (χ3v) is 4.26. The highest BCUT2D eigenvalue weighted by molar-refractivity contribution is 9.11. The first-order valence-corrected chi connectivity index (χ1v) is 6.54. The summed E-state index contributed by atoms with van der Waals surface area (Å²) in [6.07, 6.45) is 0. The standard InChI is InChI=1S/C10H13BrN2OS/c1-7(14)12-9-5-13(6-9)4-8-2-3-15-10(8)11/h2-3,9H,4-6H2,1H3,(H,12,14).